The van der Waals surface area contributed by atoms with Crippen molar-refractivity contribution in [2.24, 2.45) is 0 Å². The van der Waals surface area contributed by atoms with Gasteiger partial charge in [-0.2, -0.15) is 0 Å². The molecule has 1 heterocycles. The molecule has 1 amide bonds. The second kappa shape index (κ2) is 7.44. The third-order valence-electron chi connectivity index (χ3n) is 4.16. The first-order chi connectivity index (χ1) is 12.2. The highest BCUT2D eigenvalue weighted by Gasteiger charge is 2.30. The molecule has 0 radical (unpaired) electrons. The molecule has 6 heteroatoms. The monoisotopic (exact) mass is 343 g/mol. The number of carbonyl (C=O) groups excluding carboxylic acids is 1. The maximum atomic E-state index is 12.8. The molecular formula is C19H21NO5. The number of hydrogen-bond donors (Lipinski definition) is 0. The molecule has 2 aromatic rings. The van der Waals surface area contributed by atoms with E-state index in [0.29, 0.717) is 29.4 Å². The van der Waals surface area contributed by atoms with Gasteiger partial charge < -0.3 is 14.2 Å². The molecule has 1 saturated heterocycles. The van der Waals surface area contributed by atoms with Crippen molar-refractivity contribution in [2.75, 3.05) is 27.9 Å². The Morgan fingerprint density at radius 3 is 2.24 bits per heavy atom. The van der Waals surface area contributed by atoms with E-state index in [-0.39, 0.29) is 12.0 Å². The van der Waals surface area contributed by atoms with Crippen molar-refractivity contribution in [1.82, 2.24) is 5.06 Å². The van der Waals surface area contributed by atoms with Gasteiger partial charge in [0.05, 0.1) is 27.9 Å². The molecule has 1 aliphatic heterocycles. The van der Waals surface area contributed by atoms with Crippen LogP contribution in [0, 0.1) is 0 Å². The topological polar surface area (TPSA) is 57.2 Å². The number of hydrogen-bond acceptors (Lipinski definition) is 5. The van der Waals surface area contributed by atoms with Crippen LogP contribution in [-0.4, -0.2) is 38.8 Å². The average Bonchev–Trinajstić information content (AvgIpc) is 3.17. The smallest absolute Gasteiger partial charge is 0.277 e. The lowest BCUT2D eigenvalue weighted by atomic mass is 10.1. The van der Waals surface area contributed by atoms with E-state index < -0.39 is 0 Å². The van der Waals surface area contributed by atoms with Gasteiger partial charge in [0.2, 0.25) is 5.75 Å². The highest BCUT2D eigenvalue weighted by atomic mass is 16.7. The Hall–Kier alpha value is -2.73. The van der Waals surface area contributed by atoms with Gasteiger partial charge >= 0.3 is 0 Å². The zero-order valence-electron chi connectivity index (χ0n) is 14.5. The van der Waals surface area contributed by atoms with Crippen LogP contribution in [0.3, 0.4) is 0 Å². The summed E-state index contributed by atoms with van der Waals surface area (Å²) < 4.78 is 15.9. The van der Waals surface area contributed by atoms with Crippen LogP contribution in [0.25, 0.3) is 0 Å². The summed E-state index contributed by atoms with van der Waals surface area (Å²) in [7, 11) is 4.56. The molecule has 0 saturated carbocycles. The van der Waals surface area contributed by atoms with E-state index in [1.807, 2.05) is 30.3 Å². The quantitative estimate of drug-likeness (QED) is 0.834. The summed E-state index contributed by atoms with van der Waals surface area (Å²) in [5.41, 5.74) is 1.48. The van der Waals surface area contributed by atoms with E-state index in [1.54, 1.807) is 12.1 Å². The molecule has 0 aliphatic carbocycles. The van der Waals surface area contributed by atoms with Crippen LogP contribution in [0.5, 0.6) is 17.2 Å². The van der Waals surface area contributed by atoms with Gasteiger partial charge in [-0.25, -0.2) is 5.06 Å². The van der Waals surface area contributed by atoms with Crippen molar-refractivity contribution in [3.05, 3.63) is 53.6 Å². The van der Waals surface area contributed by atoms with Gasteiger partial charge in [0, 0.05) is 12.0 Å². The fraction of sp³-hybridized carbons (Fsp3) is 0.316. The molecule has 1 atom stereocenters. The van der Waals surface area contributed by atoms with Gasteiger partial charge in [-0.3, -0.25) is 9.63 Å². The molecule has 0 spiro atoms. The van der Waals surface area contributed by atoms with Crippen LogP contribution < -0.4 is 14.2 Å². The van der Waals surface area contributed by atoms with Crippen LogP contribution in [0.4, 0.5) is 0 Å². The van der Waals surface area contributed by atoms with Crippen LogP contribution in [0.15, 0.2) is 42.5 Å². The van der Waals surface area contributed by atoms with Crippen molar-refractivity contribution in [3.63, 3.8) is 0 Å². The van der Waals surface area contributed by atoms with Crippen LogP contribution in [0.2, 0.25) is 0 Å². The number of carbonyl (C=O) groups is 1. The Balaban J connectivity index is 1.82. The van der Waals surface area contributed by atoms with E-state index in [0.717, 1.165) is 12.0 Å². The standard InChI is InChI=1S/C19H21NO5/c1-22-16-11-14(12-17(23-2)18(16)24-3)19(21)20-10-9-15(25-20)13-7-5-4-6-8-13/h4-8,11-12,15H,9-10H2,1-3H3. The van der Waals surface area contributed by atoms with Crippen molar-refractivity contribution >= 4 is 5.91 Å². The number of rotatable bonds is 5. The number of hydroxylamine groups is 2. The van der Waals surface area contributed by atoms with E-state index in [9.17, 15) is 4.79 Å². The molecule has 25 heavy (non-hydrogen) atoms. The minimum Gasteiger partial charge on any atom is -0.493 e. The second-order valence-corrected chi connectivity index (χ2v) is 5.61. The molecule has 132 valence electrons. The lowest BCUT2D eigenvalue weighted by Gasteiger charge is -2.18. The Kier molecular flexibility index (Phi) is 5.09. The zero-order chi connectivity index (χ0) is 17.8. The highest BCUT2D eigenvalue weighted by Crippen LogP contribution is 2.39. The highest BCUT2D eigenvalue weighted by molar-refractivity contribution is 5.95. The number of amides is 1. The summed E-state index contributed by atoms with van der Waals surface area (Å²) in [6.07, 6.45) is 0.632. The van der Waals surface area contributed by atoms with Crippen molar-refractivity contribution in [3.8, 4) is 17.2 Å². The van der Waals surface area contributed by atoms with Crippen LogP contribution >= 0.6 is 0 Å². The maximum Gasteiger partial charge on any atom is 0.277 e. The van der Waals surface area contributed by atoms with Gasteiger partial charge in [0.1, 0.15) is 6.10 Å². The average molecular weight is 343 g/mol. The second-order valence-electron chi connectivity index (χ2n) is 5.61. The number of ether oxygens (including phenoxy) is 3. The molecule has 2 aromatic carbocycles. The van der Waals surface area contributed by atoms with E-state index in [2.05, 4.69) is 0 Å². The van der Waals surface area contributed by atoms with E-state index in [4.69, 9.17) is 19.0 Å². The van der Waals surface area contributed by atoms with Gasteiger partial charge in [-0.1, -0.05) is 30.3 Å². The first-order valence-electron chi connectivity index (χ1n) is 8.01. The Labute approximate surface area is 146 Å². The predicted molar refractivity (Wildman–Crippen MR) is 92.0 cm³/mol. The van der Waals surface area contributed by atoms with Gasteiger partial charge in [0.25, 0.3) is 5.91 Å². The van der Waals surface area contributed by atoms with E-state index in [1.165, 1.54) is 26.4 Å². The molecule has 1 fully saturated rings. The number of methoxy groups -OCH3 is 3. The fourth-order valence-electron chi connectivity index (χ4n) is 2.89. The molecule has 1 aliphatic rings. The van der Waals surface area contributed by atoms with Crippen LogP contribution in [-0.2, 0) is 4.84 Å². The maximum absolute atomic E-state index is 12.8. The molecule has 0 bridgehead atoms. The summed E-state index contributed by atoms with van der Waals surface area (Å²) in [4.78, 5) is 18.6. The minimum atomic E-state index is -0.238. The van der Waals surface area contributed by atoms with E-state index >= 15 is 0 Å². The summed E-state index contributed by atoms with van der Waals surface area (Å²) in [5.74, 6) is 1.08. The molecule has 0 N–H and O–H groups in total. The summed E-state index contributed by atoms with van der Waals surface area (Å²) >= 11 is 0. The third-order valence-corrected chi connectivity index (χ3v) is 4.16. The van der Waals surface area contributed by atoms with Gasteiger partial charge in [-0.15, -0.1) is 0 Å². The summed E-state index contributed by atoms with van der Waals surface area (Å²) in [6, 6.07) is 13.1. The Bertz CT molecular complexity index is 722. The lowest BCUT2D eigenvalue weighted by Crippen LogP contribution is -2.26. The van der Waals surface area contributed by atoms with Gasteiger partial charge in [-0.05, 0) is 17.7 Å². The first-order valence-corrected chi connectivity index (χ1v) is 8.01. The molecule has 6 nitrogen and oxygen atoms in total. The molecule has 3 rings (SSSR count). The predicted octanol–water partition coefficient (Wildman–Crippen LogP) is 3.23. The molecule has 1 unspecified atom stereocenters. The van der Waals surface area contributed by atoms with Crippen LogP contribution in [0.1, 0.15) is 28.4 Å². The minimum absolute atomic E-state index is 0.118. The third kappa shape index (κ3) is 3.39. The zero-order valence-corrected chi connectivity index (χ0v) is 14.5. The molecular weight excluding hydrogens is 322 g/mol. The number of benzene rings is 2. The van der Waals surface area contributed by atoms with Crippen molar-refractivity contribution in [2.45, 2.75) is 12.5 Å². The number of nitrogens with zero attached hydrogens (tertiary/aromatic N) is 1. The van der Waals surface area contributed by atoms with Crippen molar-refractivity contribution < 1.29 is 23.8 Å². The normalized spacial score (nSPS) is 16.6. The first kappa shape index (κ1) is 17.1. The van der Waals surface area contributed by atoms with Crippen molar-refractivity contribution in [1.29, 1.82) is 0 Å². The molecule has 0 aromatic heterocycles. The fourth-order valence-corrected chi connectivity index (χ4v) is 2.89. The largest absolute Gasteiger partial charge is 0.493 e. The lowest BCUT2D eigenvalue weighted by molar-refractivity contribution is -0.114. The SMILES string of the molecule is COc1cc(C(=O)N2CCC(c3ccccc3)O2)cc(OC)c1OC. The summed E-state index contributed by atoms with van der Waals surface area (Å²) in [6.45, 7) is 0.523. The Morgan fingerprint density at radius 1 is 1.04 bits per heavy atom. The van der Waals surface area contributed by atoms with Gasteiger partial charge in [0.15, 0.2) is 11.5 Å². The summed E-state index contributed by atoms with van der Waals surface area (Å²) in [5, 5.41) is 1.39. The Morgan fingerprint density at radius 2 is 1.68 bits per heavy atom.